The Labute approximate surface area is 125 Å². The molecule has 0 radical (unpaired) electrons. The van der Waals surface area contributed by atoms with Crippen molar-refractivity contribution in [2.24, 2.45) is 0 Å². The zero-order valence-corrected chi connectivity index (χ0v) is 12.2. The van der Waals surface area contributed by atoms with Gasteiger partial charge in [-0.2, -0.15) is 8.42 Å². The fourth-order valence-electron chi connectivity index (χ4n) is 1.64. The second kappa shape index (κ2) is 6.10. The van der Waals surface area contributed by atoms with E-state index in [9.17, 15) is 22.0 Å². The molecule has 116 valence electrons. The smallest absolute Gasteiger partial charge is 0.342 e. The van der Waals surface area contributed by atoms with Gasteiger partial charge in [0.2, 0.25) is 5.91 Å². The van der Waals surface area contributed by atoms with Crippen molar-refractivity contribution >= 4 is 21.7 Å². The Kier molecular flexibility index (Phi) is 4.41. The standard InChI is InChI=1S/C14H11F2NO4S/c1-9(18)17-11-3-5-12(6-4-11)21-22(19,20)14-8-10(15)2-7-13(14)16/h2-8H,1H3,(H,17,18). The molecule has 0 aliphatic carbocycles. The maximum absolute atomic E-state index is 13.5. The maximum atomic E-state index is 13.5. The Morgan fingerprint density at radius 3 is 2.32 bits per heavy atom. The number of nitrogens with one attached hydrogen (secondary N) is 1. The second-order valence-corrected chi connectivity index (χ2v) is 5.83. The van der Waals surface area contributed by atoms with Crippen LogP contribution < -0.4 is 9.50 Å². The first-order valence-corrected chi connectivity index (χ1v) is 7.46. The third kappa shape index (κ3) is 3.79. The summed E-state index contributed by atoms with van der Waals surface area (Å²) in [6.45, 7) is 1.32. The van der Waals surface area contributed by atoms with Gasteiger partial charge in [-0.3, -0.25) is 4.79 Å². The molecule has 5 nitrogen and oxygen atoms in total. The van der Waals surface area contributed by atoms with Crippen molar-refractivity contribution in [3.05, 3.63) is 54.1 Å². The number of carbonyl (C=O) groups excluding carboxylic acids is 1. The van der Waals surface area contributed by atoms with E-state index in [1.165, 1.54) is 31.2 Å². The zero-order valence-electron chi connectivity index (χ0n) is 11.3. The number of rotatable bonds is 4. The molecule has 0 aliphatic rings. The molecule has 0 aliphatic heterocycles. The van der Waals surface area contributed by atoms with Gasteiger partial charge in [0.15, 0.2) is 0 Å². The molecule has 22 heavy (non-hydrogen) atoms. The van der Waals surface area contributed by atoms with Gasteiger partial charge in [-0.05, 0) is 42.5 Å². The number of hydrogen-bond donors (Lipinski definition) is 1. The number of halogens is 2. The van der Waals surface area contributed by atoms with Crippen LogP contribution in [0.15, 0.2) is 47.4 Å². The summed E-state index contributed by atoms with van der Waals surface area (Å²) in [5.41, 5.74) is 0.439. The minimum Gasteiger partial charge on any atom is -0.379 e. The van der Waals surface area contributed by atoms with Crippen LogP contribution in [0.25, 0.3) is 0 Å². The predicted molar refractivity (Wildman–Crippen MR) is 74.9 cm³/mol. The summed E-state index contributed by atoms with van der Waals surface area (Å²) in [5.74, 6) is -2.40. The molecular weight excluding hydrogens is 316 g/mol. The molecule has 1 amide bonds. The van der Waals surface area contributed by atoms with Crippen molar-refractivity contribution in [1.82, 2.24) is 0 Å². The fraction of sp³-hybridized carbons (Fsp3) is 0.0714. The van der Waals surface area contributed by atoms with Gasteiger partial charge in [0.1, 0.15) is 22.3 Å². The van der Waals surface area contributed by atoms with Gasteiger partial charge in [0.05, 0.1) is 0 Å². The van der Waals surface area contributed by atoms with E-state index in [4.69, 9.17) is 4.18 Å². The van der Waals surface area contributed by atoms with Crippen LogP contribution in [0.4, 0.5) is 14.5 Å². The van der Waals surface area contributed by atoms with E-state index in [1.54, 1.807) is 0 Å². The third-order valence-corrected chi connectivity index (χ3v) is 3.81. The van der Waals surface area contributed by atoms with Crippen molar-refractivity contribution in [2.45, 2.75) is 11.8 Å². The first kappa shape index (κ1) is 15.9. The molecule has 0 atom stereocenters. The normalized spacial score (nSPS) is 11.0. The molecule has 0 fully saturated rings. The molecule has 0 unspecified atom stereocenters. The molecule has 2 aromatic carbocycles. The average Bonchev–Trinajstić information content (AvgIpc) is 2.43. The highest BCUT2D eigenvalue weighted by molar-refractivity contribution is 7.87. The Morgan fingerprint density at radius 1 is 1.09 bits per heavy atom. The lowest BCUT2D eigenvalue weighted by Crippen LogP contribution is -2.12. The zero-order chi connectivity index (χ0) is 16.3. The van der Waals surface area contributed by atoms with Gasteiger partial charge >= 0.3 is 10.1 Å². The van der Waals surface area contributed by atoms with Gasteiger partial charge < -0.3 is 9.50 Å². The minimum atomic E-state index is -4.50. The predicted octanol–water partition coefficient (Wildman–Crippen LogP) is 2.69. The molecule has 0 aromatic heterocycles. The highest BCUT2D eigenvalue weighted by Gasteiger charge is 2.22. The molecule has 1 N–H and O–H groups in total. The molecule has 2 rings (SSSR count). The van der Waals surface area contributed by atoms with E-state index in [0.717, 1.165) is 6.07 Å². The van der Waals surface area contributed by atoms with Crippen molar-refractivity contribution < 1.29 is 26.2 Å². The summed E-state index contributed by atoms with van der Waals surface area (Å²) in [4.78, 5) is 9.98. The number of amides is 1. The number of benzene rings is 2. The van der Waals surface area contributed by atoms with E-state index in [0.29, 0.717) is 17.8 Å². The first-order chi connectivity index (χ1) is 10.3. The Hall–Kier alpha value is -2.48. The summed E-state index contributed by atoms with van der Waals surface area (Å²) < 4.78 is 55.2. The van der Waals surface area contributed by atoms with E-state index in [1.807, 2.05) is 0 Å². The van der Waals surface area contributed by atoms with Gasteiger partial charge in [-0.25, -0.2) is 8.78 Å². The topological polar surface area (TPSA) is 72.5 Å². The van der Waals surface area contributed by atoms with Crippen molar-refractivity contribution in [3.63, 3.8) is 0 Å². The number of anilines is 1. The molecular formula is C14H11F2NO4S. The highest BCUT2D eigenvalue weighted by Crippen LogP contribution is 2.23. The molecule has 0 saturated heterocycles. The number of hydrogen-bond acceptors (Lipinski definition) is 4. The maximum Gasteiger partial charge on any atom is 0.342 e. The summed E-state index contributed by atoms with van der Waals surface area (Å²) >= 11 is 0. The third-order valence-electron chi connectivity index (χ3n) is 2.54. The van der Waals surface area contributed by atoms with Gasteiger partial charge in [-0.15, -0.1) is 0 Å². The summed E-state index contributed by atoms with van der Waals surface area (Å²) in [6.07, 6.45) is 0. The van der Waals surface area contributed by atoms with Crippen molar-refractivity contribution in [3.8, 4) is 5.75 Å². The molecule has 0 bridgehead atoms. The van der Waals surface area contributed by atoms with Crippen LogP contribution in [0.1, 0.15) is 6.92 Å². The van der Waals surface area contributed by atoms with Crippen LogP contribution in [0.5, 0.6) is 5.75 Å². The summed E-state index contributed by atoms with van der Waals surface area (Å²) in [7, 11) is -4.50. The van der Waals surface area contributed by atoms with E-state index in [2.05, 4.69) is 5.32 Å². The largest absolute Gasteiger partial charge is 0.379 e. The Balaban J connectivity index is 2.25. The monoisotopic (exact) mass is 327 g/mol. The van der Waals surface area contributed by atoms with Crippen LogP contribution in [0.3, 0.4) is 0 Å². The average molecular weight is 327 g/mol. The molecule has 0 saturated carbocycles. The SMILES string of the molecule is CC(=O)Nc1ccc(OS(=O)(=O)c2cc(F)ccc2F)cc1. The summed E-state index contributed by atoms with van der Waals surface area (Å²) in [5, 5.41) is 2.49. The Bertz CT molecular complexity index is 804. The quantitative estimate of drug-likeness (QED) is 0.876. The van der Waals surface area contributed by atoms with Crippen LogP contribution in [-0.2, 0) is 14.9 Å². The lowest BCUT2D eigenvalue weighted by Gasteiger charge is -2.09. The minimum absolute atomic E-state index is 0.0993. The summed E-state index contributed by atoms with van der Waals surface area (Å²) in [6, 6.07) is 7.42. The van der Waals surface area contributed by atoms with E-state index in [-0.39, 0.29) is 11.7 Å². The molecule has 2 aromatic rings. The van der Waals surface area contributed by atoms with E-state index < -0.39 is 26.6 Å². The van der Waals surface area contributed by atoms with Crippen LogP contribution >= 0.6 is 0 Å². The van der Waals surface area contributed by atoms with E-state index >= 15 is 0 Å². The highest BCUT2D eigenvalue weighted by atomic mass is 32.2. The number of carbonyl (C=O) groups is 1. The van der Waals surface area contributed by atoms with Crippen LogP contribution in [-0.4, -0.2) is 14.3 Å². The van der Waals surface area contributed by atoms with Gasteiger partial charge in [0, 0.05) is 12.6 Å². The molecule has 8 heteroatoms. The second-order valence-electron chi connectivity index (χ2n) is 4.32. The van der Waals surface area contributed by atoms with Gasteiger partial charge in [-0.1, -0.05) is 0 Å². The lowest BCUT2D eigenvalue weighted by atomic mass is 10.3. The Morgan fingerprint density at radius 2 is 1.73 bits per heavy atom. The van der Waals surface area contributed by atoms with Crippen LogP contribution in [0, 0.1) is 11.6 Å². The van der Waals surface area contributed by atoms with Gasteiger partial charge in [0.25, 0.3) is 0 Å². The van der Waals surface area contributed by atoms with Crippen molar-refractivity contribution in [2.75, 3.05) is 5.32 Å². The fourth-order valence-corrected chi connectivity index (χ4v) is 2.66. The van der Waals surface area contributed by atoms with Crippen LogP contribution in [0.2, 0.25) is 0 Å². The van der Waals surface area contributed by atoms with Crippen molar-refractivity contribution in [1.29, 1.82) is 0 Å². The molecule has 0 spiro atoms. The first-order valence-electron chi connectivity index (χ1n) is 6.05. The lowest BCUT2D eigenvalue weighted by molar-refractivity contribution is -0.114. The molecule has 0 heterocycles.